The van der Waals surface area contributed by atoms with E-state index in [1.807, 2.05) is 0 Å². The molecule has 0 aromatic carbocycles. The molecule has 2 aromatic rings. The SMILES string of the molecule is O=C(CN1C[C@H]2CCC[C@@]2(c2nc(-c3cnccn3)no2)C1)NC1CCCC1. The van der Waals surface area contributed by atoms with Gasteiger partial charge in [0.05, 0.1) is 18.2 Å². The Bertz CT molecular complexity index is 834. The zero-order valence-electron chi connectivity index (χ0n) is 16.0. The second-order valence-corrected chi connectivity index (χ2v) is 8.48. The molecule has 5 rings (SSSR count). The molecule has 0 spiro atoms. The van der Waals surface area contributed by atoms with E-state index >= 15 is 0 Å². The van der Waals surface area contributed by atoms with Gasteiger partial charge in [-0.25, -0.2) is 4.98 Å². The van der Waals surface area contributed by atoms with Gasteiger partial charge in [-0.05, 0) is 31.6 Å². The minimum Gasteiger partial charge on any atom is -0.352 e. The summed E-state index contributed by atoms with van der Waals surface area (Å²) in [5.74, 6) is 1.78. The van der Waals surface area contributed by atoms with E-state index in [1.165, 1.54) is 12.8 Å². The van der Waals surface area contributed by atoms with Crippen LogP contribution in [0.3, 0.4) is 0 Å². The van der Waals surface area contributed by atoms with E-state index < -0.39 is 0 Å². The minimum atomic E-state index is -0.138. The van der Waals surface area contributed by atoms with Crippen LogP contribution >= 0.6 is 0 Å². The number of fused-ring (bicyclic) bond motifs is 1. The van der Waals surface area contributed by atoms with Crippen molar-refractivity contribution in [2.24, 2.45) is 5.92 Å². The molecule has 3 fully saturated rings. The van der Waals surface area contributed by atoms with Crippen molar-refractivity contribution >= 4 is 5.91 Å². The van der Waals surface area contributed by atoms with Gasteiger partial charge in [-0.1, -0.05) is 24.4 Å². The van der Waals surface area contributed by atoms with Crippen molar-refractivity contribution in [3.05, 3.63) is 24.5 Å². The van der Waals surface area contributed by atoms with Gasteiger partial charge in [0.15, 0.2) is 0 Å². The molecule has 3 heterocycles. The molecule has 2 atom stereocenters. The van der Waals surface area contributed by atoms with E-state index in [2.05, 4.69) is 30.3 Å². The largest absolute Gasteiger partial charge is 0.352 e. The summed E-state index contributed by atoms with van der Waals surface area (Å²) in [6.07, 6.45) is 12.9. The Balaban J connectivity index is 1.30. The lowest BCUT2D eigenvalue weighted by molar-refractivity contribution is -0.122. The van der Waals surface area contributed by atoms with Crippen molar-refractivity contribution in [1.29, 1.82) is 0 Å². The highest BCUT2D eigenvalue weighted by atomic mass is 16.5. The summed E-state index contributed by atoms with van der Waals surface area (Å²) in [6.45, 7) is 2.18. The van der Waals surface area contributed by atoms with Crippen LogP contribution in [0.4, 0.5) is 0 Å². The van der Waals surface area contributed by atoms with Crippen LogP contribution in [0.15, 0.2) is 23.1 Å². The van der Waals surface area contributed by atoms with Gasteiger partial charge >= 0.3 is 0 Å². The van der Waals surface area contributed by atoms with E-state index in [-0.39, 0.29) is 11.3 Å². The molecule has 3 aliphatic rings. The zero-order valence-corrected chi connectivity index (χ0v) is 16.0. The molecule has 28 heavy (non-hydrogen) atoms. The number of carbonyl (C=O) groups excluding carboxylic acids is 1. The molecule has 1 N–H and O–H groups in total. The average molecular weight is 382 g/mol. The number of nitrogens with zero attached hydrogens (tertiary/aromatic N) is 5. The van der Waals surface area contributed by atoms with Gasteiger partial charge in [0.1, 0.15) is 5.69 Å². The fraction of sp³-hybridized carbons (Fsp3) is 0.650. The monoisotopic (exact) mass is 382 g/mol. The van der Waals surface area contributed by atoms with E-state index in [9.17, 15) is 4.79 Å². The van der Waals surface area contributed by atoms with E-state index in [4.69, 9.17) is 4.52 Å². The van der Waals surface area contributed by atoms with Gasteiger partial charge in [0.2, 0.25) is 17.6 Å². The molecule has 0 bridgehead atoms. The molecule has 2 saturated carbocycles. The number of amides is 1. The smallest absolute Gasteiger partial charge is 0.234 e. The Morgan fingerprint density at radius 2 is 2.14 bits per heavy atom. The topological polar surface area (TPSA) is 97.0 Å². The summed E-state index contributed by atoms with van der Waals surface area (Å²) in [6, 6.07) is 0.369. The average Bonchev–Trinajstić information content (AvgIpc) is 3.46. The van der Waals surface area contributed by atoms with Crippen LogP contribution in [-0.2, 0) is 10.2 Å². The summed E-state index contributed by atoms with van der Waals surface area (Å²) in [7, 11) is 0. The number of nitrogens with one attached hydrogen (secondary N) is 1. The number of hydrogen-bond acceptors (Lipinski definition) is 7. The van der Waals surface area contributed by atoms with Crippen molar-refractivity contribution in [1.82, 2.24) is 30.3 Å². The van der Waals surface area contributed by atoms with Crippen LogP contribution in [0.2, 0.25) is 0 Å². The predicted octanol–water partition coefficient (Wildman–Crippen LogP) is 1.94. The van der Waals surface area contributed by atoms with Crippen molar-refractivity contribution in [2.45, 2.75) is 56.4 Å². The van der Waals surface area contributed by atoms with Gasteiger partial charge in [-0.3, -0.25) is 14.7 Å². The Hall–Kier alpha value is -2.35. The molecule has 1 amide bonds. The van der Waals surface area contributed by atoms with Crippen LogP contribution < -0.4 is 5.32 Å². The first kappa shape index (κ1) is 17.7. The second-order valence-electron chi connectivity index (χ2n) is 8.48. The molecule has 0 radical (unpaired) electrons. The predicted molar refractivity (Wildman–Crippen MR) is 101 cm³/mol. The maximum absolute atomic E-state index is 12.5. The maximum Gasteiger partial charge on any atom is 0.234 e. The molecular weight excluding hydrogens is 356 g/mol. The van der Waals surface area contributed by atoms with Gasteiger partial charge < -0.3 is 9.84 Å². The summed E-state index contributed by atoms with van der Waals surface area (Å²) in [4.78, 5) is 27.8. The van der Waals surface area contributed by atoms with Gasteiger partial charge in [0.25, 0.3) is 0 Å². The number of likely N-dealkylation sites (tertiary alicyclic amines) is 1. The van der Waals surface area contributed by atoms with Crippen LogP contribution in [0.1, 0.15) is 50.8 Å². The van der Waals surface area contributed by atoms with Crippen LogP contribution in [0, 0.1) is 5.92 Å². The molecule has 148 valence electrons. The van der Waals surface area contributed by atoms with Crippen molar-refractivity contribution in [2.75, 3.05) is 19.6 Å². The van der Waals surface area contributed by atoms with Crippen LogP contribution in [-0.4, -0.2) is 56.6 Å². The van der Waals surface area contributed by atoms with Gasteiger partial charge in [-0.15, -0.1) is 0 Å². The lowest BCUT2D eigenvalue weighted by Gasteiger charge is -2.24. The number of rotatable bonds is 5. The second kappa shape index (κ2) is 7.24. The van der Waals surface area contributed by atoms with Crippen LogP contribution in [0.25, 0.3) is 11.5 Å². The number of carbonyl (C=O) groups is 1. The lowest BCUT2D eigenvalue weighted by atomic mass is 9.80. The fourth-order valence-electron chi connectivity index (χ4n) is 5.35. The Labute approximate surface area is 164 Å². The summed E-state index contributed by atoms with van der Waals surface area (Å²) < 4.78 is 5.71. The van der Waals surface area contributed by atoms with E-state index in [1.54, 1.807) is 18.6 Å². The molecular formula is C20H26N6O2. The minimum absolute atomic E-state index is 0.138. The highest BCUT2D eigenvalue weighted by molar-refractivity contribution is 5.78. The highest BCUT2D eigenvalue weighted by Crippen LogP contribution is 2.50. The Kier molecular flexibility index (Phi) is 4.58. The van der Waals surface area contributed by atoms with Crippen molar-refractivity contribution in [3.63, 3.8) is 0 Å². The zero-order chi connectivity index (χ0) is 19.0. The third kappa shape index (κ3) is 3.19. The maximum atomic E-state index is 12.5. The van der Waals surface area contributed by atoms with E-state index in [0.29, 0.717) is 35.9 Å². The first-order valence-corrected chi connectivity index (χ1v) is 10.4. The molecule has 8 nitrogen and oxygen atoms in total. The Morgan fingerprint density at radius 3 is 2.96 bits per heavy atom. The van der Waals surface area contributed by atoms with Crippen molar-refractivity contribution < 1.29 is 9.32 Å². The summed E-state index contributed by atoms with van der Waals surface area (Å²) in [5, 5.41) is 7.36. The number of hydrogen-bond donors (Lipinski definition) is 1. The molecule has 8 heteroatoms. The molecule has 1 saturated heterocycles. The summed E-state index contributed by atoms with van der Waals surface area (Å²) in [5.41, 5.74) is 0.482. The van der Waals surface area contributed by atoms with E-state index in [0.717, 1.165) is 45.2 Å². The third-order valence-electron chi connectivity index (χ3n) is 6.67. The quantitative estimate of drug-likeness (QED) is 0.844. The molecule has 2 aromatic heterocycles. The Morgan fingerprint density at radius 1 is 1.25 bits per heavy atom. The number of aromatic nitrogens is 4. The molecule has 2 aliphatic carbocycles. The first-order valence-electron chi connectivity index (χ1n) is 10.4. The highest BCUT2D eigenvalue weighted by Gasteiger charge is 2.54. The normalized spacial score (nSPS) is 27.9. The van der Waals surface area contributed by atoms with Crippen molar-refractivity contribution in [3.8, 4) is 11.5 Å². The molecule has 1 aliphatic heterocycles. The third-order valence-corrected chi connectivity index (χ3v) is 6.67. The fourth-order valence-corrected chi connectivity index (χ4v) is 5.35. The molecule has 0 unspecified atom stereocenters. The van der Waals surface area contributed by atoms with Gasteiger partial charge in [-0.2, -0.15) is 4.98 Å². The van der Waals surface area contributed by atoms with Gasteiger partial charge in [0, 0.05) is 31.5 Å². The first-order chi connectivity index (χ1) is 13.7. The summed E-state index contributed by atoms with van der Waals surface area (Å²) >= 11 is 0. The standard InChI is InChI=1S/C20H26N6O2/c27-17(23-15-5-1-2-6-15)12-26-11-14-4-3-7-20(14,13-26)19-24-18(25-28-19)16-10-21-8-9-22-16/h8-10,14-15H,1-7,11-13H2,(H,23,27)/t14-,20-/m1/s1. The van der Waals surface area contributed by atoms with Crippen LogP contribution in [0.5, 0.6) is 0 Å². The lowest BCUT2D eigenvalue weighted by Crippen LogP contribution is -2.41.